The maximum absolute atomic E-state index is 12.5. The summed E-state index contributed by atoms with van der Waals surface area (Å²) in [6.07, 6.45) is 0.605. The molecule has 1 aromatic heterocycles. The van der Waals surface area contributed by atoms with Crippen LogP contribution in [-0.2, 0) is 16.0 Å². The van der Waals surface area contributed by atoms with Crippen molar-refractivity contribution >= 4 is 29.2 Å². The van der Waals surface area contributed by atoms with Crippen LogP contribution in [0.5, 0.6) is 0 Å². The van der Waals surface area contributed by atoms with Crippen LogP contribution >= 0.6 is 0 Å². The van der Waals surface area contributed by atoms with E-state index in [2.05, 4.69) is 20.7 Å². The Hall–Kier alpha value is -3.03. The molecule has 2 amide bonds. The van der Waals surface area contributed by atoms with Crippen LogP contribution in [0.1, 0.15) is 42.5 Å². The number of ketones is 1. The number of carbonyl (C=O) groups excluding carboxylic acids is 3. The number of Topliss-reactive ketones (excluding diaryl/α,β-unsaturated/α-hetero) is 1. The number of rotatable bonds is 4. The lowest BCUT2D eigenvalue weighted by molar-refractivity contribution is -0.125. The third-order valence-electron chi connectivity index (χ3n) is 3.78. The van der Waals surface area contributed by atoms with E-state index in [-0.39, 0.29) is 30.0 Å². The predicted octanol–water partition coefficient (Wildman–Crippen LogP) is 1.57. The Balaban J connectivity index is 1.81. The Morgan fingerprint density at radius 1 is 1.33 bits per heavy atom. The molecule has 8 nitrogen and oxygen atoms in total. The SMILES string of the molecule is CCc1nc2n(n1)[C@H](C(=O)Nc1ccc(C(C)=O)cc1)CC(=O)N2. The van der Waals surface area contributed by atoms with Gasteiger partial charge in [0, 0.05) is 17.7 Å². The van der Waals surface area contributed by atoms with Crippen LogP contribution in [0.3, 0.4) is 0 Å². The van der Waals surface area contributed by atoms with Crippen molar-refractivity contribution in [2.75, 3.05) is 10.6 Å². The van der Waals surface area contributed by atoms with Gasteiger partial charge in [0.25, 0.3) is 0 Å². The Labute approximate surface area is 138 Å². The first kappa shape index (κ1) is 15.9. The van der Waals surface area contributed by atoms with E-state index < -0.39 is 6.04 Å². The number of nitrogens with one attached hydrogen (secondary N) is 2. The zero-order chi connectivity index (χ0) is 17.3. The molecular weight excluding hydrogens is 310 g/mol. The fourth-order valence-electron chi connectivity index (χ4n) is 2.48. The van der Waals surface area contributed by atoms with Gasteiger partial charge in [-0.2, -0.15) is 10.1 Å². The number of aromatic nitrogens is 3. The van der Waals surface area contributed by atoms with Crippen molar-refractivity contribution < 1.29 is 14.4 Å². The molecule has 124 valence electrons. The number of benzene rings is 1. The smallest absolute Gasteiger partial charge is 0.249 e. The third-order valence-corrected chi connectivity index (χ3v) is 3.78. The van der Waals surface area contributed by atoms with Crippen LogP contribution in [0.25, 0.3) is 0 Å². The summed E-state index contributed by atoms with van der Waals surface area (Å²) in [6.45, 7) is 3.38. The second kappa shape index (κ2) is 6.23. The van der Waals surface area contributed by atoms with Gasteiger partial charge in [-0.3, -0.25) is 19.7 Å². The third kappa shape index (κ3) is 3.03. The van der Waals surface area contributed by atoms with Crippen LogP contribution in [0.2, 0.25) is 0 Å². The second-order valence-corrected chi connectivity index (χ2v) is 5.54. The Morgan fingerprint density at radius 2 is 2.04 bits per heavy atom. The highest BCUT2D eigenvalue weighted by Crippen LogP contribution is 2.24. The molecule has 0 radical (unpaired) electrons. The molecule has 0 unspecified atom stereocenters. The van der Waals surface area contributed by atoms with Crippen LogP contribution in [0, 0.1) is 0 Å². The summed E-state index contributed by atoms with van der Waals surface area (Å²) in [5, 5.41) is 9.63. The van der Waals surface area contributed by atoms with Crippen LogP contribution < -0.4 is 10.6 Å². The summed E-state index contributed by atoms with van der Waals surface area (Å²) in [5.74, 6) is 0.182. The summed E-state index contributed by atoms with van der Waals surface area (Å²) in [4.78, 5) is 39.8. The van der Waals surface area contributed by atoms with Gasteiger partial charge in [-0.15, -0.1) is 0 Å². The fourth-order valence-corrected chi connectivity index (χ4v) is 2.48. The number of hydrogen-bond acceptors (Lipinski definition) is 5. The summed E-state index contributed by atoms with van der Waals surface area (Å²) in [5.41, 5.74) is 1.12. The molecule has 24 heavy (non-hydrogen) atoms. The van der Waals surface area contributed by atoms with E-state index >= 15 is 0 Å². The first-order valence-electron chi connectivity index (χ1n) is 7.65. The molecule has 0 fully saturated rings. The van der Waals surface area contributed by atoms with Crippen molar-refractivity contribution in [1.29, 1.82) is 0 Å². The normalized spacial score (nSPS) is 16.2. The average Bonchev–Trinajstić information content (AvgIpc) is 2.97. The Morgan fingerprint density at radius 3 is 2.67 bits per heavy atom. The number of fused-ring (bicyclic) bond motifs is 1. The first-order valence-corrected chi connectivity index (χ1v) is 7.65. The second-order valence-electron chi connectivity index (χ2n) is 5.54. The molecule has 2 heterocycles. The van der Waals surface area contributed by atoms with Crippen molar-refractivity contribution in [2.24, 2.45) is 0 Å². The van der Waals surface area contributed by atoms with Crippen molar-refractivity contribution in [2.45, 2.75) is 32.7 Å². The van der Waals surface area contributed by atoms with E-state index in [1.54, 1.807) is 24.3 Å². The average molecular weight is 327 g/mol. The summed E-state index contributed by atoms with van der Waals surface area (Å²) < 4.78 is 1.44. The van der Waals surface area contributed by atoms with Gasteiger partial charge in [0.15, 0.2) is 11.6 Å². The summed E-state index contributed by atoms with van der Waals surface area (Å²) in [6, 6.07) is 5.83. The van der Waals surface area contributed by atoms with Gasteiger partial charge in [-0.25, -0.2) is 4.68 Å². The van der Waals surface area contributed by atoms with Crippen LogP contribution in [0.4, 0.5) is 11.6 Å². The lowest BCUT2D eigenvalue weighted by atomic mass is 10.1. The van der Waals surface area contributed by atoms with E-state index in [4.69, 9.17) is 0 Å². The molecule has 0 aliphatic carbocycles. The van der Waals surface area contributed by atoms with Crippen molar-refractivity contribution in [3.05, 3.63) is 35.7 Å². The molecule has 0 bridgehead atoms. The largest absolute Gasteiger partial charge is 0.324 e. The zero-order valence-corrected chi connectivity index (χ0v) is 13.4. The highest BCUT2D eigenvalue weighted by Gasteiger charge is 2.32. The maximum atomic E-state index is 12.5. The predicted molar refractivity (Wildman–Crippen MR) is 86.8 cm³/mol. The minimum absolute atomic E-state index is 0.00310. The number of carbonyl (C=O) groups is 3. The Bertz CT molecular complexity index is 810. The maximum Gasteiger partial charge on any atom is 0.249 e. The number of nitrogens with zero attached hydrogens (tertiary/aromatic N) is 3. The van der Waals surface area contributed by atoms with Crippen LogP contribution in [-0.4, -0.2) is 32.4 Å². The molecule has 0 saturated heterocycles. The van der Waals surface area contributed by atoms with E-state index in [0.29, 0.717) is 23.5 Å². The fraction of sp³-hybridized carbons (Fsp3) is 0.312. The number of anilines is 2. The molecule has 8 heteroatoms. The lowest BCUT2D eigenvalue weighted by Gasteiger charge is -2.22. The van der Waals surface area contributed by atoms with Crippen molar-refractivity contribution in [1.82, 2.24) is 14.8 Å². The summed E-state index contributed by atoms with van der Waals surface area (Å²) in [7, 11) is 0. The molecule has 2 N–H and O–H groups in total. The molecule has 0 spiro atoms. The van der Waals surface area contributed by atoms with E-state index in [0.717, 1.165) is 0 Å². The molecule has 1 aliphatic heterocycles. The van der Waals surface area contributed by atoms with Crippen molar-refractivity contribution in [3.63, 3.8) is 0 Å². The van der Waals surface area contributed by atoms with Gasteiger partial charge >= 0.3 is 0 Å². The molecule has 0 saturated carbocycles. The van der Waals surface area contributed by atoms with Gasteiger partial charge < -0.3 is 5.32 Å². The zero-order valence-electron chi connectivity index (χ0n) is 13.4. The highest BCUT2D eigenvalue weighted by molar-refractivity contribution is 6.01. The van der Waals surface area contributed by atoms with E-state index in [9.17, 15) is 14.4 Å². The van der Waals surface area contributed by atoms with E-state index in [1.165, 1.54) is 11.6 Å². The van der Waals surface area contributed by atoms with E-state index in [1.807, 2.05) is 6.92 Å². The molecule has 1 atom stereocenters. The summed E-state index contributed by atoms with van der Waals surface area (Å²) >= 11 is 0. The number of amides is 2. The molecular formula is C16H17N5O3. The van der Waals surface area contributed by atoms with Gasteiger partial charge in [0.05, 0.1) is 6.42 Å². The highest BCUT2D eigenvalue weighted by atomic mass is 16.2. The lowest BCUT2D eigenvalue weighted by Crippen LogP contribution is -2.36. The molecule has 1 aromatic carbocycles. The first-order chi connectivity index (χ1) is 11.5. The van der Waals surface area contributed by atoms with Crippen LogP contribution in [0.15, 0.2) is 24.3 Å². The topological polar surface area (TPSA) is 106 Å². The monoisotopic (exact) mass is 327 g/mol. The number of hydrogen-bond donors (Lipinski definition) is 2. The van der Waals surface area contributed by atoms with Gasteiger partial charge in [0.1, 0.15) is 6.04 Å². The standard InChI is InChI=1S/C16H17N5O3/c1-3-13-18-16-19-14(23)8-12(21(16)20-13)15(24)17-11-6-4-10(5-7-11)9(2)22/h4-7,12H,3,8H2,1-2H3,(H,17,24)(H,18,19,20,23)/t12-/m0/s1. The minimum Gasteiger partial charge on any atom is -0.324 e. The molecule has 2 aromatic rings. The van der Waals surface area contributed by atoms with Gasteiger partial charge in [0.2, 0.25) is 17.8 Å². The quantitative estimate of drug-likeness (QED) is 0.829. The molecule has 3 rings (SSSR count). The van der Waals surface area contributed by atoms with Crippen molar-refractivity contribution in [3.8, 4) is 0 Å². The van der Waals surface area contributed by atoms with Gasteiger partial charge in [-0.05, 0) is 31.2 Å². The van der Waals surface area contributed by atoms with Gasteiger partial charge in [-0.1, -0.05) is 6.92 Å². The minimum atomic E-state index is -0.756. The number of aryl methyl sites for hydroxylation is 1. The Kier molecular flexibility index (Phi) is 4.11. The molecule has 1 aliphatic rings.